The fraction of sp³-hybridized carbons (Fsp3) is 0.421. The number of pyridine rings is 2. The van der Waals surface area contributed by atoms with Crippen LogP contribution in [-0.2, 0) is 18.8 Å². The smallest absolute Gasteiger partial charge is 0.396 e. The molecular formula is C19H20F6N6O2. The first-order chi connectivity index (χ1) is 15.4. The average Bonchev–Trinajstić information content (AvgIpc) is 2.73. The first-order valence-electron chi connectivity index (χ1n) is 9.75. The highest BCUT2D eigenvalue weighted by molar-refractivity contribution is 5.74. The number of nitrogens with two attached hydrogens (primary N) is 1. The van der Waals surface area contributed by atoms with Crippen LogP contribution in [0.2, 0.25) is 0 Å². The van der Waals surface area contributed by atoms with Gasteiger partial charge in [-0.3, -0.25) is 4.79 Å². The van der Waals surface area contributed by atoms with Crippen molar-refractivity contribution in [3.63, 3.8) is 0 Å². The fourth-order valence-corrected chi connectivity index (χ4v) is 3.32. The molecule has 33 heavy (non-hydrogen) atoms. The van der Waals surface area contributed by atoms with Gasteiger partial charge >= 0.3 is 18.4 Å². The van der Waals surface area contributed by atoms with Crippen molar-refractivity contribution in [2.24, 2.45) is 0 Å². The van der Waals surface area contributed by atoms with Gasteiger partial charge in [-0.2, -0.15) is 26.3 Å². The molecule has 0 radical (unpaired) electrons. The number of rotatable bonds is 4. The van der Waals surface area contributed by atoms with Gasteiger partial charge in [0.25, 0.3) is 5.56 Å². The minimum Gasteiger partial charge on any atom is -0.396 e. The first kappa shape index (κ1) is 24.2. The Morgan fingerprint density at radius 3 is 2.33 bits per heavy atom. The molecule has 1 aliphatic rings. The number of aromatic amines is 1. The zero-order valence-corrected chi connectivity index (χ0v) is 17.1. The van der Waals surface area contributed by atoms with Gasteiger partial charge < -0.3 is 25.8 Å². The van der Waals surface area contributed by atoms with Crippen molar-refractivity contribution in [1.82, 2.24) is 20.2 Å². The standard InChI is InChI=1S/C19H20F6N6O2/c20-18(21,22)12-8-14(26)15(28-10-12)30-3-5-31(6-4-30)17(33)27-2-1-11-7-13(19(23,24)25)16(32)29-9-11/h7-10H,1-6,26H2,(H,27,33)(H,29,32). The van der Waals surface area contributed by atoms with Crippen molar-refractivity contribution in [1.29, 1.82) is 0 Å². The van der Waals surface area contributed by atoms with Gasteiger partial charge in [0.1, 0.15) is 5.56 Å². The van der Waals surface area contributed by atoms with E-state index >= 15 is 0 Å². The van der Waals surface area contributed by atoms with Crippen molar-refractivity contribution in [3.05, 3.63) is 51.6 Å². The van der Waals surface area contributed by atoms with E-state index in [4.69, 9.17) is 5.73 Å². The van der Waals surface area contributed by atoms with E-state index in [9.17, 15) is 35.9 Å². The Morgan fingerprint density at radius 1 is 1.09 bits per heavy atom. The molecule has 0 saturated carbocycles. The van der Waals surface area contributed by atoms with Gasteiger partial charge in [0, 0.05) is 45.1 Å². The SMILES string of the molecule is Nc1cc(C(F)(F)F)cnc1N1CCN(C(=O)NCCc2c[nH]c(=O)c(C(F)(F)F)c2)CC1. The summed E-state index contributed by atoms with van der Waals surface area (Å²) in [6.45, 7) is 1.08. The molecule has 0 bridgehead atoms. The van der Waals surface area contributed by atoms with Crippen LogP contribution in [-0.4, -0.2) is 53.6 Å². The highest BCUT2D eigenvalue weighted by Gasteiger charge is 2.34. The number of hydrogen-bond acceptors (Lipinski definition) is 5. The summed E-state index contributed by atoms with van der Waals surface area (Å²) in [7, 11) is 0. The number of nitrogens with one attached hydrogen (secondary N) is 2. The second-order valence-electron chi connectivity index (χ2n) is 7.34. The van der Waals surface area contributed by atoms with Gasteiger partial charge in [0.2, 0.25) is 0 Å². The molecule has 0 aromatic carbocycles. The molecule has 8 nitrogen and oxygen atoms in total. The number of H-pyrrole nitrogens is 1. The molecule has 0 aliphatic carbocycles. The van der Waals surface area contributed by atoms with Crippen LogP contribution in [0.1, 0.15) is 16.7 Å². The molecule has 1 aliphatic heterocycles. The Balaban J connectivity index is 1.51. The summed E-state index contributed by atoms with van der Waals surface area (Å²) < 4.78 is 76.7. The second kappa shape index (κ2) is 9.19. The van der Waals surface area contributed by atoms with Gasteiger partial charge in [-0.25, -0.2) is 9.78 Å². The van der Waals surface area contributed by atoms with Crippen LogP contribution in [0.5, 0.6) is 0 Å². The Bertz CT molecular complexity index is 1060. The van der Waals surface area contributed by atoms with E-state index in [1.54, 1.807) is 4.90 Å². The third-order valence-electron chi connectivity index (χ3n) is 5.05. The number of aromatic nitrogens is 2. The van der Waals surface area contributed by atoms with Gasteiger partial charge in [-0.05, 0) is 24.1 Å². The summed E-state index contributed by atoms with van der Waals surface area (Å²) >= 11 is 0. The van der Waals surface area contributed by atoms with Crippen LogP contribution in [0.3, 0.4) is 0 Å². The average molecular weight is 478 g/mol. The minimum atomic E-state index is -4.78. The molecule has 3 heterocycles. The summed E-state index contributed by atoms with van der Waals surface area (Å²) in [5, 5.41) is 2.59. The molecule has 4 N–H and O–H groups in total. The molecule has 3 rings (SSSR count). The number of nitrogens with zero attached hydrogens (tertiary/aromatic N) is 3. The summed E-state index contributed by atoms with van der Waals surface area (Å²) in [5.74, 6) is 0.196. The van der Waals surface area contributed by atoms with Crippen molar-refractivity contribution < 1.29 is 31.1 Å². The highest BCUT2D eigenvalue weighted by atomic mass is 19.4. The maximum Gasteiger partial charge on any atom is 0.421 e. The van der Waals surface area contributed by atoms with Gasteiger partial charge in [0.05, 0.1) is 11.3 Å². The van der Waals surface area contributed by atoms with Gasteiger partial charge in [-0.15, -0.1) is 0 Å². The monoisotopic (exact) mass is 478 g/mol. The van der Waals surface area contributed by atoms with Gasteiger partial charge in [0.15, 0.2) is 5.82 Å². The zero-order valence-electron chi connectivity index (χ0n) is 17.1. The Hall–Kier alpha value is -3.45. The maximum atomic E-state index is 12.8. The second-order valence-corrected chi connectivity index (χ2v) is 7.34. The predicted molar refractivity (Wildman–Crippen MR) is 107 cm³/mol. The zero-order chi connectivity index (χ0) is 24.4. The summed E-state index contributed by atoms with van der Waals surface area (Å²) in [6.07, 6.45) is -7.41. The number of urea groups is 1. The molecular weight excluding hydrogens is 458 g/mol. The first-order valence-corrected chi connectivity index (χ1v) is 9.75. The molecule has 180 valence electrons. The number of piperazine rings is 1. The van der Waals surface area contributed by atoms with Crippen LogP contribution >= 0.6 is 0 Å². The number of anilines is 2. The van der Waals surface area contributed by atoms with Crippen molar-refractivity contribution >= 4 is 17.5 Å². The lowest BCUT2D eigenvalue weighted by molar-refractivity contribution is -0.139. The van der Waals surface area contributed by atoms with E-state index in [0.717, 1.165) is 18.3 Å². The maximum absolute atomic E-state index is 12.8. The van der Waals surface area contributed by atoms with Crippen molar-refractivity contribution in [2.75, 3.05) is 43.4 Å². The van der Waals surface area contributed by atoms with Gasteiger partial charge in [-0.1, -0.05) is 0 Å². The van der Waals surface area contributed by atoms with Crippen LogP contribution in [0, 0.1) is 0 Å². The Labute approximate surface area is 183 Å². The van der Waals surface area contributed by atoms with E-state index < -0.39 is 35.1 Å². The number of alkyl halides is 6. The van der Waals surface area contributed by atoms with Crippen molar-refractivity contribution in [3.8, 4) is 0 Å². The Morgan fingerprint density at radius 2 is 1.76 bits per heavy atom. The van der Waals surface area contributed by atoms with E-state index in [1.165, 1.54) is 4.90 Å². The van der Waals surface area contributed by atoms with Crippen molar-refractivity contribution in [2.45, 2.75) is 18.8 Å². The molecule has 1 saturated heterocycles. The molecule has 0 spiro atoms. The fourth-order valence-electron chi connectivity index (χ4n) is 3.32. The molecule has 2 aromatic rings. The molecule has 0 unspecified atom stereocenters. The minimum absolute atomic E-state index is 0.0375. The van der Waals surface area contributed by atoms with Crippen LogP contribution in [0.25, 0.3) is 0 Å². The van der Waals surface area contributed by atoms with E-state index in [1.807, 2.05) is 4.98 Å². The molecule has 0 atom stereocenters. The van der Waals surface area contributed by atoms with Crippen LogP contribution in [0.4, 0.5) is 42.6 Å². The lowest BCUT2D eigenvalue weighted by atomic mass is 10.1. The third kappa shape index (κ3) is 5.87. The number of hydrogen-bond donors (Lipinski definition) is 3. The lowest BCUT2D eigenvalue weighted by Gasteiger charge is -2.35. The van der Waals surface area contributed by atoms with Crippen LogP contribution < -0.4 is 21.5 Å². The van der Waals surface area contributed by atoms with E-state index in [-0.39, 0.29) is 56.2 Å². The number of amides is 2. The summed E-state index contributed by atoms with van der Waals surface area (Å²) in [4.78, 5) is 32.6. The lowest BCUT2D eigenvalue weighted by Crippen LogP contribution is -2.52. The summed E-state index contributed by atoms with van der Waals surface area (Å²) in [5.41, 5.74) is 2.30. The Kier molecular flexibility index (Phi) is 6.74. The largest absolute Gasteiger partial charge is 0.421 e. The van der Waals surface area contributed by atoms with Crippen LogP contribution in [0.15, 0.2) is 29.3 Å². The van der Waals surface area contributed by atoms with E-state index in [0.29, 0.717) is 6.20 Å². The number of halogens is 6. The highest BCUT2D eigenvalue weighted by Crippen LogP contribution is 2.32. The molecule has 1 fully saturated rings. The summed E-state index contributed by atoms with van der Waals surface area (Å²) in [6, 6.07) is 1.11. The third-order valence-corrected chi connectivity index (χ3v) is 5.05. The number of nitrogen functional groups attached to an aromatic ring is 1. The molecule has 2 aromatic heterocycles. The molecule has 2 amide bonds. The van der Waals surface area contributed by atoms with E-state index in [2.05, 4.69) is 10.3 Å². The number of carbonyl (C=O) groups excluding carboxylic acids is 1. The predicted octanol–water partition coefficient (Wildman–Crippen LogP) is 2.46. The topological polar surface area (TPSA) is 107 Å². The quantitative estimate of drug-likeness (QED) is 0.586. The molecule has 14 heteroatoms. The number of carbonyl (C=O) groups is 1. The normalized spacial score (nSPS) is 15.0.